The zero-order chi connectivity index (χ0) is 13.8. The normalized spacial score (nSPS) is 26.3. The smallest absolute Gasteiger partial charge is 0.0236 e. The summed E-state index contributed by atoms with van der Waals surface area (Å²) < 4.78 is 0. The Morgan fingerprint density at radius 1 is 1.26 bits per heavy atom. The van der Waals surface area contributed by atoms with Gasteiger partial charge in [-0.1, -0.05) is 38.1 Å². The van der Waals surface area contributed by atoms with E-state index in [2.05, 4.69) is 49.9 Å². The first-order valence-corrected chi connectivity index (χ1v) is 7.63. The maximum Gasteiger partial charge on any atom is 0.0236 e. The fourth-order valence-electron chi connectivity index (χ4n) is 3.01. The highest BCUT2D eigenvalue weighted by atomic mass is 15.2. The molecule has 0 amide bonds. The predicted molar refractivity (Wildman–Crippen MR) is 82.2 cm³/mol. The van der Waals surface area contributed by atoms with Gasteiger partial charge in [-0.05, 0) is 55.8 Å². The van der Waals surface area contributed by atoms with Crippen molar-refractivity contribution >= 4 is 0 Å². The molecular weight excluding hydrogens is 232 g/mol. The van der Waals surface area contributed by atoms with E-state index in [1.807, 2.05) is 0 Å². The van der Waals surface area contributed by atoms with Gasteiger partial charge in [0.05, 0.1) is 0 Å². The highest BCUT2D eigenvalue weighted by Gasteiger charge is 2.22. The summed E-state index contributed by atoms with van der Waals surface area (Å²) in [6, 6.07) is 9.73. The van der Waals surface area contributed by atoms with Crippen molar-refractivity contribution in [2.24, 2.45) is 11.7 Å². The largest absolute Gasteiger partial charge is 0.330 e. The van der Waals surface area contributed by atoms with E-state index in [0.717, 1.165) is 19.0 Å². The molecule has 1 heterocycles. The van der Waals surface area contributed by atoms with Crippen molar-refractivity contribution in [1.82, 2.24) is 4.90 Å². The summed E-state index contributed by atoms with van der Waals surface area (Å²) in [7, 11) is 0. The van der Waals surface area contributed by atoms with Gasteiger partial charge in [-0.25, -0.2) is 0 Å². The number of piperidine rings is 1. The van der Waals surface area contributed by atoms with E-state index in [9.17, 15) is 0 Å². The topological polar surface area (TPSA) is 29.3 Å². The molecule has 1 aromatic rings. The lowest BCUT2D eigenvalue weighted by atomic mass is 9.93. The Kier molecular flexibility index (Phi) is 5.00. The van der Waals surface area contributed by atoms with Crippen LogP contribution in [-0.4, -0.2) is 24.0 Å². The van der Waals surface area contributed by atoms with E-state index < -0.39 is 0 Å². The minimum absolute atomic E-state index is 0.462. The van der Waals surface area contributed by atoms with Crippen molar-refractivity contribution in [3.63, 3.8) is 0 Å². The highest BCUT2D eigenvalue weighted by molar-refractivity contribution is 5.25. The molecule has 3 atom stereocenters. The zero-order valence-electron chi connectivity index (χ0n) is 12.6. The molecule has 1 aliphatic heterocycles. The molecule has 0 aliphatic carbocycles. The first-order chi connectivity index (χ1) is 9.10. The van der Waals surface area contributed by atoms with Gasteiger partial charge >= 0.3 is 0 Å². The molecule has 1 saturated heterocycles. The van der Waals surface area contributed by atoms with Crippen LogP contribution in [0.4, 0.5) is 0 Å². The number of nitrogens with two attached hydrogens (primary N) is 1. The van der Waals surface area contributed by atoms with Crippen molar-refractivity contribution in [1.29, 1.82) is 0 Å². The van der Waals surface area contributed by atoms with Crippen LogP contribution in [-0.2, 0) is 6.54 Å². The predicted octanol–water partition coefficient (Wildman–Crippen LogP) is 3.37. The SMILES string of the molecule is CC1CCN(Cc2ccc(C(C)CN)cc2)C(C)C1. The van der Waals surface area contributed by atoms with Crippen molar-refractivity contribution in [2.75, 3.05) is 13.1 Å². The van der Waals surface area contributed by atoms with E-state index >= 15 is 0 Å². The molecule has 2 heteroatoms. The van der Waals surface area contributed by atoms with Crippen LogP contribution in [0.5, 0.6) is 0 Å². The van der Waals surface area contributed by atoms with Gasteiger partial charge < -0.3 is 5.73 Å². The van der Waals surface area contributed by atoms with Gasteiger partial charge in [-0.15, -0.1) is 0 Å². The Labute approximate surface area is 118 Å². The third kappa shape index (κ3) is 3.80. The van der Waals surface area contributed by atoms with Gasteiger partial charge in [0.15, 0.2) is 0 Å². The van der Waals surface area contributed by atoms with E-state index in [0.29, 0.717) is 12.0 Å². The number of likely N-dealkylation sites (tertiary alicyclic amines) is 1. The molecule has 3 unspecified atom stereocenters. The monoisotopic (exact) mass is 260 g/mol. The van der Waals surface area contributed by atoms with Gasteiger partial charge in [0.1, 0.15) is 0 Å². The second kappa shape index (κ2) is 6.53. The van der Waals surface area contributed by atoms with Crippen molar-refractivity contribution in [3.05, 3.63) is 35.4 Å². The van der Waals surface area contributed by atoms with Crippen LogP contribution in [0, 0.1) is 5.92 Å². The van der Waals surface area contributed by atoms with Crippen LogP contribution in [0.1, 0.15) is 50.7 Å². The van der Waals surface area contributed by atoms with E-state index in [-0.39, 0.29) is 0 Å². The third-order valence-corrected chi connectivity index (χ3v) is 4.56. The minimum Gasteiger partial charge on any atom is -0.330 e. The summed E-state index contributed by atoms with van der Waals surface area (Å²) in [6.45, 7) is 9.97. The molecule has 1 aromatic carbocycles. The molecule has 0 radical (unpaired) electrons. The van der Waals surface area contributed by atoms with Crippen molar-refractivity contribution in [3.8, 4) is 0 Å². The maximum absolute atomic E-state index is 5.71. The van der Waals surface area contributed by atoms with Gasteiger partial charge in [-0.3, -0.25) is 4.90 Å². The summed E-state index contributed by atoms with van der Waals surface area (Å²) in [4.78, 5) is 2.61. The van der Waals surface area contributed by atoms with E-state index in [4.69, 9.17) is 5.73 Å². The first-order valence-electron chi connectivity index (χ1n) is 7.63. The second-order valence-electron chi connectivity index (χ2n) is 6.33. The van der Waals surface area contributed by atoms with Gasteiger partial charge in [-0.2, -0.15) is 0 Å². The Morgan fingerprint density at radius 2 is 1.95 bits per heavy atom. The second-order valence-corrected chi connectivity index (χ2v) is 6.33. The molecule has 0 aromatic heterocycles. The van der Waals surface area contributed by atoms with E-state index in [1.54, 1.807) is 0 Å². The Bertz CT molecular complexity index is 385. The fourth-order valence-corrected chi connectivity index (χ4v) is 3.01. The van der Waals surface area contributed by atoms with Crippen LogP contribution in [0.15, 0.2) is 24.3 Å². The fraction of sp³-hybridized carbons (Fsp3) is 0.647. The molecule has 2 nitrogen and oxygen atoms in total. The summed E-state index contributed by atoms with van der Waals surface area (Å²) in [5.74, 6) is 1.35. The third-order valence-electron chi connectivity index (χ3n) is 4.56. The first kappa shape index (κ1) is 14.5. The molecule has 19 heavy (non-hydrogen) atoms. The van der Waals surface area contributed by atoms with Crippen LogP contribution in [0.25, 0.3) is 0 Å². The van der Waals surface area contributed by atoms with Crippen LogP contribution in [0.2, 0.25) is 0 Å². The van der Waals surface area contributed by atoms with Crippen molar-refractivity contribution in [2.45, 2.75) is 52.1 Å². The summed E-state index contributed by atoms with van der Waals surface area (Å²) in [5.41, 5.74) is 8.49. The molecule has 1 aliphatic rings. The van der Waals surface area contributed by atoms with Crippen molar-refractivity contribution < 1.29 is 0 Å². The number of hydrogen-bond donors (Lipinski definition) is 1. The molecule has 1 fully saturated rings. The lowest BCUT2D eigenvalue weighted by Crippen LogP contribution is -2.39. The standard InChI is InChI=1S/C17H28N2/c1-13-8-9-19(15(3)10-13)12-16-4-6-17(7-5-16)14(2)11-18/h4-7,13-15H,8-12,18H2,1-3H3. The number of rotatable bonds is 4. The maximum atomic E-state index is 5.71. The quantitative estimate of drug-likeness (QED) is 0.899. The number of hydrogen-bond acceptors (Lipinski definition) is 2. The molecule has 0 saturated carbocycles. The van der Waals surface area contributed by atoms with Crippen LogP contribution < -0.4 is 5.73 Å². The average Bonchev–Trinajstić information content (AvgIpc) is 2.42. The van der Waals surface area contributed by atoms with Gasteiger partial charge in [0.25, 0.3) is 0 Å². The summed E-state index contributed by atoms with van der Waals surface area (Å²) in [5, 5.41) is 0. The van der Waals surface area contributed by atoms with Crippen LogP contribution in [0.3, 0.4) is 0 Å². The Hall–Kier alpha value is -0.860. The number of nitrogens with zero attached hydrogens (tertiary/aromatic N) is 1. The summed E-state index contributed by atoms with van der Waals surface area (Å²) >= 11 is 0. The molecular formula is C17H28N2. The zero-order valence-corrected chi connectivity index (χ0v) is 12.6. The lowest BCUT2D eigenvalue weighted by Gasteiger charge is -2.36. The van der Waals surface area contributed by atoms with Gasteiger partial charge in [0.2, 0.25) is 0 Å². The van der Waals surface area contributed by atoms with Gasteiger partial charge in [0, 0.05) is 12.6 Å². The average molecular weight is 260 g/mol. The minimum atomic E-state index is 0.462. The molecule has 106 valence electrons. The lowest BCUT2D eigenvalue weighted by molar-refractivity contribution is 0.122. The van der Waals surface area contributed by atoms with E-state index in [1.165, 1.54) is 30.5 Å². The molecule has 0 spiro atoms. The Morgan fingerprint density at radius 3 is 2.53 bits per heavy atom. The van der Waals surface area contributed by atoms with Crippen LogP contribution >= 0.6 is 0 Å². The highest BCUT2D eigenvalue weighted by Crippen LogP contribution is 2.24. The Balaban J connectivity index is 1.96. The molecule has 0 bridgehead atoms. The molecule has 2 N–H and O–H groups in total. The molecule has 2 rings (SSSR count). The number of benzene rings is 1. The summed E-state index contributed by atoms with van der Waals surface area (Å²) in [6.07, 6.45) is 2.68.